The first-order valence-corrected chi connectivity index (χ1v) is 7.72. The van der Waals surface area contributed by atoms with E-state index in [9.17, 15) is 5.11 Å². The van der Waals surface area contributed by atoms with Gasteiger partial charge in [0.2, 0.25) is 0 Å². The summed E-state index contributed by atoms with van der Waals surface area (Å²) in [7, 11) is 0. The maximum absolute atomic E-state index is 9.32. The summed E-state index contributed by atoms with van der Waals surface area (Å²) in [5.41, 5.74) is 9.39. The molecule has 18 heavy (non-hydrogen) atoms. The molecule has 0 aliphatic heterocycles. The molecule has 0 fully saturated rings. The van der Waals surface area contributed by atoms with Crippen LogP contribution in [-0.4, -0.2) is 29.3 Å². The Bertz CT molecular complexity index is 407. The van der Waals surface area contributed by atoms with Gasteiger partial charge in [-0.2, -0.15) is 11.8 Å². The van der Waals surface area contributed by atoms with Crippen molar-refractivity contribution in [2.45, 2.75) is 37.1 Å². The number of hydrogen-bond donors (Lipinski definition) is 3. The van der Waals surface area contributed by atoms with Gasteiger partial charge in [-0.25, -0.2) is 0 Å². The maximum Gasteiger partial charge on any atom is 0.0564 e. The maximum atomic E-state index is 9.32. The first-order valence-electron chi connectivity index (χ1n) is 6.43. The molecule has 0 bridgehead atoms. The SMILES string of the molecule is CSC(CO)C(C)NC1CCc2cc(N)ccc21. The van der Waals surface area contributed by atoms with Gasteiger partial charge in [0, 0.05) is 23.0 Å². The van der Waals surface area contributed by atoms with Gasteiger partial charge in [0.15, 0.2) is 0 Å². The number of hydrogen-bond acceptors (Lipinski definition) is 4. The lowest BCUT2D eigenvalue weighted by Crippen LogP contribution is -2.39. The van der Waals surface area contributed by atoms with E-state index in [4.69, 9.17) is 5.73 Å². The van der Waals surface area contributed by atoms with Crippen molar-refractivity contribution in [3.63, 3.8) is 0 Å². The van der Waals surface area contributed by atoms with E-state index in [0.29, 0.717) is 12.1 Å². The van der Waals surface area contributed by atoms with Gasteiger partial charge in [-0.15, -0.1) is 0 Å². The van der Waals surface area contributed by atoms with Gasteiger partial charge < -0.3 is 16.2 Å². The minimum absolute atomic E-state index is 0.219. The summed E-state index contributed by atoms with van der Waals surface area (Å²) < 4.78 is 0. The fraction of sp³-hybridized carbons (Fsp3) is 0.571. The normalized spacial score (nSPS) is 21.6. The molecular weight excluding hydrogens is 244 g/mol. The summed E-state index contributed by atoms with van der Waals surface area (Å²) in [6, 6.07) is 6.89. The summed E-state index contributed by atoms with van der Waals surface area (Å²) in [6.07, 6.45) is 4.26. The molecule has 0 aromatic heterocycles. The predicted octanol–water partition coefficient (Wildman–Crippen LogP) is 1.96. The van der Waals surface area contributed by atoms with E-state index in [-0.39, 0.29) is 11.9 Å². The molecule has 4 N–H and O–H groups in total. The number of anilines is 1. The second kappa shape index (κ2) is 5.95. The highest BCUT2D eigenvalue weighted by molar-refractivity contribution is 7.99. The zero-order valence-electron chi connectivity index (χ0n) is 11.0. The molecular formula is C14H22N2OS. The molecule has 4 heteroatoms. The smallest absolute Gasteiger partial charge is 0.0564 e. The van der Waals surface area contributed by atoms with Crippen LogP contribution in [0.25, 0.3) is 0 Å². The standard InChI is InChI=1S/C14H22N2OS/c1-9(14(8-17)18-2)16-13-6-3-10-7-11(15)4-5-12(10)13/h4-5,7,9,13-14,16-17H,3,6,8,15H2,1-2H3. The van der Waals surface area contributed by atoms with Crippen molar-refractivity contribution in [3.8, 4) is 0 Å². The number of rotatable bonds is 5. The molecule has 3 nitrogen and oxygen atoms in total. The van der Waals surface area contributed by atoms with Crippen molar-refractivity contribution >= 4 is 17.4 Å². The molecule has 1 aliphatic rings. The Morgan fingerprint density at radius 2 is 2.33 bits per heavy atom. The minimum Gasteiger partial charge on any atom is -0.399 e. The average Bonchev–Trinajstić information content (AvgIpc) is 2.73. The van der Waals surface area contributed by atoms with Crippen LogP contribution < -0.4 is 11.1 Å². The molecule has 0 saturated heterocycles. The second-order valence-corrected chi connectivity index (χ2v) is 6.04. The third-order valence-corrected chi connectivity index (χ3v) is 4.91. The highest BCUT2D eigenvalue weighted by Crippen LogP contribution is 2.33. The summed E-state index contributed by atoms with van der Waals surface area (Å²) in [5.74, 6) is 0. The van der Waals surface area contributed by atoms with E-state index in [2.05, 4.69) is 24.4 Å². The Kier molecular flexibility index (Phi) is 4.54. The lowest BCUT2D eigenvalue weighted by Gasteiger charge is -2.25. The number of nitrogens with two attached hydrogens (primary N) is 1. The number of aryl methyl sites for hydroxylation is 1. The third-order valence-electron chi connectivity index (χ3n) is 3.75. The van der Waals surface area contributed by atoms with Crippen LogP contribution in [0.4, 0.5) is 5.69 Å². The van der Waals surface area contributed by atoms with Crippen molar-refractivity contribution in [1.29, 1.82) is 0 Å². The van der Waals surface area contributed by atoms with Gasteiger partial charge in [0.05, 0.1) is 6.61 Å². The Morgan fingerprint density at radius 3 is 3.00 bits per heavy atom. The van der Waals surface area contributed by atoms with E-state index in [0.717, 1.165) is 18.5 Å². The Labute approximate surface area is 113 Å². The molecule has 0 saturated carbocycles. The summed E-state index contributed by atoms with van der Waals surface area (Å²) >= 11 is 1.71. The molecule has 1 aliphatic carbocycles. The number of aliphatic hydroxyl groups is 1. The van der Waals surface area contributed by atoms with Crippen molar-refractivity contribution in [2.24, 2.45) is 0 Å². The van der Waals surface area contributed by atoms with Crippen LogP contribution >= 0.6 is 11.8 Å². The van der Waals surface area contributed by atoms with Crippen molar-refractivity contribution in [3.05, 3.63) is 29.3 Å². The third kappa shape index (κ3) is 2.82. The second-order valence-electron chi connectivity index (χ2n) is 4.96. The van der Waals surface area contributed by atoms with E-state index in [1.54, 1.807) is 11.8 Å². The van der Waals surface area contributed by atoms with Gasteiger partial charge in [0.1, 0.15) is 0 Å². The molecule has 0 spiro atoms. The van der Waals surface area contributed by atoms with Gasteiger partial charge in [-0.1, -0.05) is 6.07 Å². The number of thioether (sulfide) groups is 1. The number of nitrogens with one attached hydrogen (secondary N) is 1. The quantitative estimate of drug-likeness (QED) is 0.713. The number of benzene rings is 1. The molecule has 1 aromatic carbocycles. The first kappa shape index (κ1) is 13.7. The summed E-state index contributed by atoms with van der Waals surface area (Å²) in [6.45, 7) is 2.36. The monoisotopic (exact) mass is 266 g/mol. The number of aliphatic hydroxyl groups excluding tert-OH is 1. The molecule has 3 atom stereocenters. The molecule has 100 valence electrons. The van der Waals surface area contributed by atoms with Gasteiger partial charge in [0.25, 0.3) is 0 Å². The topological polar surface area (TPSA) is 58.3 Å². The molecule has 1 aromatic rings. The van der Waals surface area contributed by atoms with E-state index < -0.39 is 0 Å². The van der Waals surface area contributed by atoms with Crippen molar-refractivity contribution < 1.29 is 5.11 Å². The fourth-order valence-electron chi connectivity index (χ4n) is 2.67. The predicted molar refractivity (Wildman–Crippen MR) is 78.9 cm³/mol. The Hall–Kier alpha value is -0.710. The van der Waals surface area contributed by atoms with Crippen molar-refractivity contribution in [1.82, 2.24) is 5.32 Å². The summed E-state index contributed by atoms with van der Waals surface area (Å²) in [4.78, 5) is 0. The van der Waals surface area contributed by atoms with Crippen LogP contribution in [0.2, 0.25) is 0 Å². The molecule has 0 amide bonds. The molecule has 0 radical (unpaired) electrons. The van der Waals surface area contributed by atoms with Crippen LogP contribution in [0, 0.1) is 0 Å². The fourth-order valence-corrected chi connectivity index (χ4v) is 3.31. The van der Waals surface area contributed by atoms with Crippen LogP contribution in [0.5, 0.6) is 0 Å². The van der Waals surface area contributed by atoms with E-state index in [1.165, 1.54) is 11.1 Å². The molecule has 2 rings (SSSR count). The zero-order valence-corrected chi connectivity index (χ0v) is 11.8. The van der Waals surface area contributed by atoms with Gasteiger partial charge >= 0.3 is 0 Å². The Morgan fingerprint density at radius 1 is 1.56 bits per heavy atom. The van der Waals surface area contributed by atoms with E-state index in [1.807, 2.05) is 12.3 Å². The first-order chi connectivity index (χ1) is 8.65. The van der Waals surface area contributed by atoms with Crippen LogP contribution in [0.1, 0.15) is 30.5 Å². The van der Waals surface area contributed by atoms with Crippen molar-refractivity contribution in [2.75, 3.05) is 18.6 Å². The average molecular weight is 266 g/mol. The van der Waals surface area contributed by atoms with Crippen LogP contribution in [0.3, 0.4) is 0 Å². The van der Waals surface area contributed by atoms with Gasteiger partial charge in [-0.3, -0.25) is 0 Å². The Balaban J connectivity index is 2.05. The van der Waals surface area contributed by atoms with Crippen LogP contribution in [0.15, 0.2) is 18.2 Å². The lowest BCUT2D eigenvalue weighted by molar-refractivity contribution is 0.270. The number of fused-ring (bicyclic) bond motifs is 1. The largest absolute Gasteiger partial charge is 0.399 e. The highest BCUT2D eigenvalue weighted by Gasteiger charge is 2.25. The molecule has 0 heterocycles. The van der Waals surface area contributed by atoms with Crippen LogP contribution in [-0.2, 0) is 6.42 Å². The highest BCUT2D eigenvalue weighted by atomic mass is 32.2. The number of nitrogen functional groups attached to an aromatic ring is 1. The zero-order chi connectivity index (χ0) is 13.1. The molecule has 3 unspecified atom stereocenters. The lowest BCUT2D eigenvalue weighted by atomic mass is 10.1. The summed E-state index contributed by atoms with van der Waals surface area (Å²) in [5, 5.41) is 13.2. The van der Waals surface area contributed by atoms with Gasteiger partial charge in [-0.05, 0) is 49.3 Å². The minimum atomic E-state index is 0.219. The van der Waals surface area contributed by atoms with E-state index >= 15 is 0 Å².